The van der Waals surface area contributed by atoms with E-state index < -0.39 is 0 Å². The quantitative estimate of drug-likeness (QED) is 0.713. The molecule has 3 N–H and O–H groups in total. The van der Waals surface area contributed by atoms with Crippen molar-refractivity contribution < 1.29 is 9.90 Å². The molecule has 2 unspecified atom stereocenters. The average Bonchev–Trinajstić information content (AvgIpc) is 2.38. The highest BCUT2D eigenvalue weighted by atomic mass is 79.9. The summed E-state index contributed by atoms with van der Waals surface area (Å²) in [5, 5.41) is 14.6. The van der Waals surface area contributed by atoms with E-state index in [4.69, 9.17) is 5.11 Å². The van der Waals surface area contributed by atoms with Crippen LogP contribution in [0.2, 0.25) is 0 Å². The van der Waals surface area contributed by atoms with Crippen molar-refractivity contribution in [2.75, 3.05) is 6.61 Å². The molecule has 0 aliphatic heterocycles. The Kier molecular flexibility index (Phi) is 7.62. The molecule has 4 nitrogen and oxygen atoms in total. The zero-order valence-electron chi connectivity index (χ0n) is 12.0. The molecule has 0 heterocycles. The van der Waals surface area contributed by atoms with Gasteiger partial charge in [0.15, 0.2) is 0 Å². The number of amides is 2. The Morgan fingerprint density at radius 3 is 2.55 bits per heavy atom. The number of carbonyl (C=O) groups excluding carboxylic acids is 1. The zero-order chi connectivity index (χ0) is 15.0. The van der Waals surface area contributed by atoms with Gasteiger partial charge in [-0.15, -0.1) is 0 Å². The Hall–Kier alpha value is -1.07. The van der Waals surface area contributed by atoms with Crippen LogP contribution in [0.3, 0.4) is 0 Å². The first-order chi connectivity index (χ1) is 9.52. The van der Waals surface area contributed by atoms with E-state index in [1.165, 1.54) is 5.56 Å². The summed E-state index contributed by atoms with van der Waals surface area (Å²) in [6.45, 7) is 4.08. The van der Waals surface area contributed by atoms with Gasteiger partial charge in [0.2, 0.25) is 0 Å². The molecule has 1 aromatic rings. The number of hydrogen-bond acceptors (Lipinski definition) is 2. The number of aliphatic hydroxyl groups is 1. The molecule has 112 valence electrons. The summed E-state index contributed by atoms with van der Waals surface area (Å²) >= 11 is 3.51. The summed E-state index contributed by atoms with van der Waals surface area (Å²) < 4.78 is 1.06. The molecule has 0 aliphatic rings. The van der Waals surface area contributed by atoms with E-state index in [1.54, 1.807) is 0 Å². The van der Waals surface area contributed by atoms with Crippen LogP contribution in [-0.2, 0) is 6.42 Å². The summed E-state index contributed by atoms with van der Waals surface area (Å²) in [4.78, 5) is 11.8. The molecule has 0 spiro atoms. The van der Waals surface area contributed by atoms with Crippen molar-refractivity contribution in [3.63, 3.8) is 0 Å². The molecule has 0 fully saturated rings. The molecule has 0 aliphatic carbocycles. The van der Waals surface area contributed by atoms with E-state index in [9.17, 15) is 4.79 Å². The maximum absolute atomic E-state index is 11.8. The van der Waals surface area contributed by atoms with Crippen LogP contribution in [0.5, 0.6) is 0 Å². The van der Waals surface area contributed by atoms with Crippen LogP contribution in [-0.4, -0.2) is 29.8 Å². The van der Waals surface area contributed by atoms with Gasteiger partial charge in [0, 0.05) is 23.2 Å². The smallest absolute Gasteiger partial charge is 0.315 e. The second-order valence-electron chi connectivity index (χ2n) is 5.08. The molecule has 2 amide bonds. The number of benzene rings is 1. The molecule has 0 aromatic heterocycles. The van der Waals surface area contributed by atoms with Crippen molar-refractivity contribution in [1.29, 1.82) is 0 Å². The van der Waals surface area contributed by atoms with Gasteiger partial charge in [0.1, 0.15) is 0 Å². The van der Waals surface area contributed by atoms with E-state index >= 15 is 0 Å². The monoisotopic (exact) mass is 342 g/mol. The number of carbonyl (C=O) groups is 1. The Morgan fingerprint density at radius 1 is 1.25 bits per heavy atom. The number of hydrogen-bond donors (Lipinski definition) is 3. The summed E-state index contributed by atoms with van der Waals surface area (Å²) in [5.74, 6) is 0. The van der Waals surface area contributed by atoms with Crippen LogP contribution in [0.15, 0.2) is 28.7 Å². The van der Waals surface area contributed by atoms with Crippen molar-refractivity contribution in [3.05, 3.63) is 34.3 Å². The lowest BCUT2D eigenvalue weighted by atomic mass is 10.1. The lowest BCUT2D eigenvalue weighted by Gasteiger charge is -2.18. The van der Waals surface area contributed by atoms with E-state index in [-0.39, 0.29) is 24.7 Å². The van der Waals surface area contributed by atoms with Crippen molar-refractivity contribution in [2.24, 2.45) is 0 Å². The highest BCUT2D eigenvalue weighted by Crippen LogP contribution is 2.17. The molecule has 2 atom stereocenters. The third-order valence-corrected chi connectivity index (χ3v) is 3.81. The summed E-state index contributed by atoms with van der Waals surface area (Å²) in [5.41, 5.74) is 1.17. The van der Waals surface area contributed by atoms with Crippen LogP contribution in [0.1, 0.15) is 32.3 Å². The van der Waals surface area contributed by atoms with Crippen molar-refractivity contribution in [1.82, 2.24) is 10.6 Å². The fourth-order valence-electron chi connectivity index (χ4n) is 2.00. The van der Waals surface area contributed by atoms with Gasteiger partial charge in [-0.25, -0.2) is 4.79 Å². The highest BCUT2D eigenvalue weighted by Gasteiger charge is 2.11. The van der Waals surface area contributed by atoms with Gasteiger partial charge in [-0.2, -0.15) is 0 Å². The number of rotatable bonds is 7. The lowest BCUT2D eigenvalue weighted by molar-refractivity contribution is 0.231. The minimum Gasteiger partial charge on any atom is -0.396 e. The number of nitrogens with one attached hydrogen (secondary N) is 2. The van der Waals surface area contributed by atoms with E-state index in [0.717, 1.165) is 17.3 Å². The average molecular weight is 343 g/mol. The Morgan fingerprint density at radius 2 is 1.90 bits per heavy atom. The fourth-order valence-corrected chi connectivity index (χ4v) is 2.45. The van der Waals surface area contributed by atoms with Crippen molar-refractivity contribution >= 4 is 22.0 Å². The van der Waals surface area contributed by atoms with Crippen LogP contribution >= 0.6 is 15.9 Å². The Balaban J connectivity index is 2.36. The molecule has 0 saturated heterocycles. The molecule has 0 radical (unpaired) electrons. The zero-order valence-corrected chi connectivity index (χ0v) is 13.6. The maximum Gasteiger partial charge on any atom is 0.315 e. The van der Waals surface area contributed by atoms with Gasteiger partial charge in [0.05, 0.1) is 0 Å². The van der Waals surface area contributed by atoms with Gasteiger partial charge in [-0.1, -0.05) is 34.1 Å². The standard InChI is InChI=1S/C15H23BrN2O2/c1-11(6-5-9-19)17-15(20)18-12(2)10-13-7-3-4-8-14(13)16/h3-4,7-8,11-12,19H,5-6,9-10H2,1-2H3,(H2,17,18,20). The molecular weight excluding hydrogens is 320 g/mol. The first-order valence-corrected chi connectivity index (χ1v) is 7.73. The van der Waals surface area contributed by atoms with E-state index in [1.807, 2.05) is 38.1 Å². The fraction of sp³-hybridized carbons (Fsp3) is 0.533. The van der Waals surface area contributed by atoms with Gasteiger partial charge < -0.3 is 15.7 Å². The van der Waals surface area contributed by atoms with Gasteiger partial charge in [-0.05, 0) is 44.7 Å². The first-order valence-electron chi connectivity index (χ1n) is 6.94. The van der Waals surface area contributed by atoms with Crippen molar-refractivity contribution in [2.45, 2.75) is 45.2 Å². The largest absolute Gasteiger partial charge is 0.396 e. The Bertz CT molecular complexity index is 426. The normalized spacial score (nSPS) is 13.6. The molecule has 0 saturated carbocycles. The van der Waals surface area contributed by atoms with Gasteiger partial charge in [-0.3, -0.25) is 0 Å². The summed E-state index contributed by atoms with van der Waals surface area (Å²) in [7, 11) is 0. The van der Waals surface area contributed by atoms with Crippen LogP contribution in [0.4, 0.5) is 4.79 Å². The highest BCUT2D eigenvalue weighted by molar-refractivity contribution is 9.10. The SMILES string of the molecule is CC(CCCO)NC(=O)NC(C)Cc1ccccc1Br. The Labute approximate surface area is 129 Å². The van der Waals surface area contributed by atoms with Crippen LogP contribution < -0.4 is 10.6 Å². The maximum atomic E-state index is 11.8. The molecule has 1 aromatic carbocycles. The van der Waals surface area contributed by atoms with Gasteiger partial charge in [0.25, 0.3) is 0 Å². The molecule has 20 heavy (non-hydrogen) atoms. The number of urea groups is 1. The second-order valence-corrected chi connectivity index (χ2v) is 5.94. The minimum atomic E-state index is -0.157. The first kappa shape index (κ1) is 17.0. The molecule has 5 heteroatoms. The third kappa shape index (κ3) is 6.39. The van der Waals surface area contributed by atoms with Gasteiger partial charge >= 0.3 is 6.03 Å². The minimum absolute atomic E-state index is 0.0544. The molecule has 1 rings (SSSR count). The number of halogens is 1. The van der Waals surface area contributed by atoms with E-state index in [2.05, 4.69) is 26.6 Å². The second kappa shape index (κ2) is 8.97. The van der Waals surface area contributed by atoms with E-state index in [0.29, 0.717) is 6.42 Å². The number of aliphatic hydroxyl groups excluding tert-OH is 1. The lowest BCUT2D eigenvalue weighted by Crippen LogP contribution is -2.45. The van der Waals surface area contributed by atoms with Crippen molar-refractivity contribution in [3.8, 4) is 0 Å². The van der Waals surface area contributed by atoms with Crippen LogP contribution in [0, 0.1) is 0 Å². The predicted octanol–water partition coefficient (Wildman–Crippen LogP) is 2.84. The van der Waals surface area contributed by atoms with Crippen LogP contribution in [0.25, 0.3) is 0 Å². The summed E-state index contributed by atoms with van der Waals surface area (Å²) in [6, 6.07) is 7.97. The molecule has 0 bridgehead atoms. The summed E-state index contributed by atoms with van der Waals surface area (Å²) in [6.07, 6.45) is 2.26. The predicted molar refractivity (Wildman–Crippen MR) is 84.8 cm³/mol. The topological polar surface area (TPSA) is 61.4 Å². The third-order valence-electron chi connectivity index (χ3n) is 3.03. The molecular formula is C15H23BrN2O2.